The molecule has 0 radical (unpaired) electrons. The Labute approximate surface area is 176 Å². The molecule has 5 rings (SSSR count). The SMILES string of the molecule is CC[C@@]1(O)C(=O)OCc2c1cc1n(c2=O)Cc2c-1nc1ccccc1c2CC[SiH2]C. The zero-order valence-electron chi connectivity index (χ0n) is 17.2. The van der Waals surface area contributed by atoms with Crippen LogP contribution in [-0.4, -0.2) is 30.1 Å². The van der Waals surface area contributed by atoms with Crippen molar-refractivity contribution in [3.05, 3.63) is 62.9 Å². The summed E-state index contributed by atoms with van der Waals surface area (Å²) in [4.78, 5) is 30.6. The minimum atomic E-state index is -1.79. The van der Waals surface area contributed by atoms with Gasteiger partial charge in [0.05, 0.1) is 29.0 Å². The minimum absolute atomic E-state index is 0.0975. The van der Waals surface area contributed by atoms with Crippen LogP contribution in [0.3, 0.4) is 0 Å². The standard InChI is InChI=1S/C23H24N2O4Si/c1-3-23(28)17-10-19-20-15(11-25(19)21(26)16(17)12-29-22(23)27)13(8-9-30-2)14-6-4-5-7-18(14)24-20/h4-7,10,28H,3,8-9,11-12,30H2,1-2H3/t23-/m0/s1. The molecule has 154 valence electrons. The monoisotopic (exact) mass is 420 g/mol. The fourth-order valence-corrected chi connectivity index (χ4v) is 5.46. The lowest BCUT2D eigenvalue weighted by molar-refractivity contribution is -0.172. The Morgan fingerprint density at radius 3 is 2.83 bits per heavy atom. The molecule has 30 heavy (non-hydrogen) atoms. The van der Waals surface area contributed by atoms with Gasteiger partial charge in [-0.2, -0.15) is 0 Å². The van der Waals surface area contributed by atoms with Gasteiger partial charge in [0.15, 0.2) is 5.60 Å². The molecule has 2 aliphatic rings. The van der Waals surface area contributed by atoms with E-state index in [9.17, 15) is 14.7 Å². The van der Waals surface area contributed by atoms with Crippen molar-refractivity contribution in [1.82, 2.24) is 9.55 Å². The van der Waals surface area contributed by atoms with Crippen LogP contribution in [0.25, 0.3) is 22.3 Å². The van der Waals surface area contributed by atoms with Gasteiger partial charge >= 0.3 is 5.97 Å². The van der Waals surface area contributed by atoms with E-state index in [0.29, 0.717) is 23.4 Å². The number of hydrogen-bond acceptors (Lipinski definition) is 5. The summed E-state index contributed by atoms with van der Waals surface area (Å²) < 4.78 is 6.87. The lowest BCUT2D eigenvalue weighted by atomic mass is 9.86. The van der Waals surface area contributed by atoms with Gasteiger partial charge in [0.2, 0.25) is 0 Å². The Bertz CT molecular complexity index is 1270. The second kappa shape index (κ2) is 6.89. The van der Waals surface area contributed by atoms with Crippen LogP contribution < -0.4 is 5.56 Å². The Morgan fingerprint density at radius 2 is 2.07 bits per heavy atom. The summed E-state index contributed by atoms with van der Waals surface area (Å²) in [5.41, 5.74) is 3.46. The average Bonchev–Trinajstić information content (AvgIpc) is 3.13. The summed E-state index contributed by atoms with van der Waals surface area (Å²) >= 11 is 0. The van der Waals surface area contributed by atoms with Crippen LogP contribution in [0, 0.1) is 0 Å². The molecule has 0 saturated heterocycles. The van der Waals surface area contributed by atoms with Gasteiger partial charge in [-0.15, -0.1) is 0 Å². The first-order valence-corrected chi connectivity index (χ1v) is 13.0. The number of hydrogen-bond donors (Lipinski definition) is 1. The topological polar surface area (TPSA) is 81.4 Å². The number of ether oxygens (including phenoxy) is 1. The zero-order chi connectivity index (χ0) is 21.0. The molecule has 6 nitrogen and oxygen atoms in total. The molecule has 0 saturated carbocycles. The van der Waals surface area contributed by atoms with Crippen molar-refractivity contribution in [2.45, 2.75) is 51.1 Å². The van der Waals surface area contributed by atoms with Gasteiger partial charge in [-0.3, -0.25) is 4.79 Å². The van der Waals surface area contributed by atoms with Crippen molar-refractivity contribution in [2.75, 3.05) is 0 Å². The number of benzene rings is 1. The maximum atomic E-state index is 13.3. The van der Waals surface area contributed by atoms with E-state index in [0.717, 1.165) is 28.6 Å². The number of aromatic nitrogens is 2. The summed E-state index contributed by atoms with van der Waals surface area (Å²) in [7, 11) is -0.0975. The Kier molecular flexibility index (Phi) is 4.41. The zero-order valence-corrected chi connectivity index (χ0v) is 18.6. The maximum Gasteiger partial charge on any atom is 0.343 e. The average molecular weight is 421 g/mol. The third-order valence-corrected chi connectivity index (χ3v) is 7.55. The predicted molar refractivity (Wildman–Crippen MR) is 117 cm³/mol. The maximum absolute atomic E-state index is 13.3. The number of fused-ring (bicyclic) bond motifs is 5. The lowest BCUT2D eigenvalue weighted by Crippen LogP contribution is -2.44. The van der Waals surface area contributed by atoms with E-state index >= 15 is 0 Å². The number of cyclic esters (lactones) is 1. The summed E-state index contributed by atoms with van der Waals surface area (Å²) in [5.74, 6) is -0.694. The number of aliphatic hydroxyl groups is 1. The van der Waals surface area contributed by atoms with Crippen molar-refractivity contribution in [2.24, 2.45) is 0 Å². The van der Waals surface area contributed by atoms with Gasteiger partial charge in [0, 0.05) is 26.0 Å². The fraction of sp³-hybridized carbons (Fsp3) is 0.348. The molecule has 1 aromatic carbocycles. The van der Waals surface area contributed by atoms with Crippen molar-refractivity contribution in [1.29, 1.82) is 0 Å². The van der Waals surface area contributed by atoms with Crippen molar-refractivity contribution in [3.63, 3.8) is 0 Å². The molecule has 4 heterocycles. The number of aryl methyl sites for hydroxylation is 1. The van der Waals surface area contributed by atoms with Gasteiger partial charge < -0.3 is 14.4 Å². The molecule has 1 N–H and O–H groups in total. The largest absolute Gasteiger partial charge is 0.458 e. The first kappa shape index (κ1) is 19.2. The molecule has 2 aromatic heterocycles. The number of pyridine rings is 2. The highest BCUT2D eigenvalue weighted by Gasteiger charge is 2.45. The Hall–Kier alpha value is -2.77. The van der Waals surface area contributed by atoms with E-state index in [1.54, 1.807) is 17.6 Å². The van der Waals surface area contributed by atoms with Gasteiger partial charge in [-0.1, -0.05) is 37.7 Å². The summed E-state index contributed by atoms with van der Waals surface area (Å²) in [6, 6.07) is 11.1. The summed E-state index contributed by atoms with van der Waals surface area (Å²) in [6.45, 7) is 4.39. The normalized spacial score (nSPS) is 19.8. The smallest absolute Gasteiger partial charge is 0.343 e. The van der Waals surface area contributed by atoms with Crippen LogP contribution in [0.1, 0.15) is 35.6 Å². The molecular formula is C23H24N2O4Si. The molecule has 2 aliphatic heterocycles. The third kappa shape index (κ3) is 2.55. The predicted octanol–water partition coefficient (Wildman–Crippen LogP) is 2.26. The van der Waals surface area contributed by atoms with Crippen LogP contribution >= 0.6 is 0 Å². The molecule has 0 fully saturated rings. The van der Waals surface area contributed by atoms with Gasteiger partial charge in [0.25, 0.3) is 5.56 Å². The number of carbonyl (C=O) groups excluding carboxylic acids is 1. The van der Waals surface area contributed by atoms with Crippen LogP contribution in [0.15, 0.2) is 35.1 Å². The highest BCUT2D eigenvalue weighted by atomic mass is 28.2. The summed E-state index contributed by atoms with van der Waals surface area (Å²) in [5, 5.41) is 12.2. The van der Waals surface area contributed by atoms with Crippen molar-refractivity contribution in [3.8, 4) is 11.4 Å². The third-order valence-electron chi connectivity index (χ3n) is 6.49. The first-order valence-electron chi connectivity index (χ1n) is 10.6. The quantitative estimate of drug-likeness (QED) is 0.405. The molecular weight excluding hydrogens is 396 g/mol. The molecule has 0 aliphatic carbocycles. The van der Waals surface area contributed by atoms with E-state index in [4.69, 9.17) is 9.72 Å². The minimum Gasteiger partial charge on any atom is -0.458 e. The van der Waals surface area contributed by atoms with E-state index in [1.807, 2.05) is 18.2 Å². The molecule has 0 bridgehead atoms. The molecule has 3 aromatic rings. The number of nitrogens with zero attached hydrogens (tertiary/aromatic N) is 2. The highest BCUT2D eigenvalue weighted by molar-refractivity contribution is 6.33. The van der Waals surface area contributed by atoms with E-state index in [1.165, 1.54) is 11.6 Å². The highest BCUT2D eigenvalue weighted by Crippen LogP contribution is 2.40. The molecule has 1 atom stereocenters. The van der Waals surface area contributed by atoms with E-state index in [-0.39, 0.29) is 28.1 Å². The number of rotatable bonds is 4. The first-order chi connectivity index (χ1) is 14.5. The number of para-hydroxylation sites is 1. The molecule has 0 amide bonds. The van der Waals surface area contributed by atoms with Crippen molar-refractivity contribution >= 4 is 26.4 Å². The second-order valence-electron chi connectivity index (χ2n) is 8.14. The number of esters is 1. The van der Waals surface area contributed by atoms with E-state index in [2.05, 4.69) is 12.6 Å². The lowest BCUT2D eigenvalue weighted by Gasteiger charge is -2.31. The molecule has 0 unspecified atom stereocenters. The van der Waals surface area contributed by atoms with Crippen LogP contribution in [0.4, 0.5) is 0 Å². The van der Waals surface area contributed by atoms with Gasteiger partial charge in [0.1, 0.15) is 6.61 Å². The summed E-state index contributed by atoms with van der Waals surface area (Å²) in [6.07, 6.45) is 1.13. The van der Waals surface area contributed by atoms with Crippen LogP contribution in [0.5, 0.6) is 0 Å². The Morgan fingerprint density at radius 1 is 1.27 bits per heavy atom. The van der Waals surface area contributed by atoms with Crippen LogP contribution in [0.2, 0.25) is 12.6 Å². The van der Waals surface area contributed by atoms with Gasteiger partial charge in [-0.05, 0) is 30.5 Å². The molecule has 7 heteroatoms. The number of carbonyl (C=O) groups is 1. The Balaban J connectivity index is 1.80. The van der Waals surface area contributed by atoms with Gasteiger partial charge in [-0.25, -0.2) is 9.78 Å². The van der Waals surface area contributed by atoms with Crippen LogP contribution in [-0.2, 0) is 34.7 Å². The fourth-order valence-electron chi connectivity index (χ4n) is 4.75. The van der Waals surface area contributed by atoms with Crippen molar-refractivity contribution < 1.29 is 14.6 Å². The second-order valence-corrected chi connectivity index (χ2v) is 9.85. The molecule has 0 spiro atoms. The van der Waals surface area contributed by atoms with E-state index < -0.39 is 11.6 Å².